The molecule has 0 bridgehead atoms. The Hall–Kier alpha value is -7.08. The zero-order valence-corrected chi connectivity index (χ0v) is 63.6. The third-order valence-corrected chi connectivity index (χ3v) is 19.6. The predicted octanol–water partition coefficient (Wildman–Crippen LogP) is 11.2. The Bertz CT molecular complexity index is 3380. The summed E-state index contributed by atoms with van der Waals surface area (Å²) in [7, 11) is 1.00. The van der Waals surface area contributed by atoms with E-state index in [0.29, 0.717) is 39.3 Å². The molecule has 0 aromatic heterocycles. The quantitative estimate of drug-likeness (QED) is 0.0410. The minimum absolute atomic E-state index is 0. The number of aliphatic hydroxyl groups excluding tert-OH is 1. The monoisotopic (exact) mass is 1460 g/mol. The van der Waals surface area contributed by atoms with Crippen molar-refractivity contribution in [3.63, 3.8) is 0 Å². The molecule has 11 aromatic carbocycles. The largest absolute Gasteiger partial charge is 3.00 e. The summed E-state index contributed by atoms with van der Waals surface area (Å²) in [5.74, 6) is 0. The summed E-state index contributed by atoms with van der Waals surface area (Å²) in [6.45, 7) is 22.4. The van der Waals surface area contributed by atoms with Crippen molar-refractivity contribution in [2.75, 3.05) is 7.11 Å². The van der Waals surface area contributed by atoms with Crippen LogP contribution >= 0.6 is 0 Å². The number of hydrogen-bond acceptors (Lipinski definition) is 10. The number of hydrogen-bond donors (Lipinski definition) is 7. The van der Waals surface area contributed by atoms with Gasteiger partial charge < -0.3 is 77.4 Å². The van der Waals surface area contributed by atoms with Gasteiger partial charge in [-0.25, -0.2) is 0 Å². The fourth-order valence-corrected chi connectivity index (χ4v) is 13.6. The molecule has 0 amide bonds. The molecule has 7 nitrogen and oxygen atoms in total. The van der Waals surface area contributed by atoms with Crippen LogP contribution in [-0.2, 0) is 126 Å². The molecule has 99 heavy (non-hydrogen) atoms. The molecule has 0 atom stereocenters. The maximum atomic E-state index is 7.00. The molecule has 521 valence electrons. The molecule has 0 aliphatic carbocycles. The SMILES string of the molecule is CC(C)(C)c1cc(CN)c([S-])c(CN)c1.CC(C)(C)c1cc(CN)c([S-])c(CN)c1.CC(C)(C)c1cc(CN)c([S-])c(CN)c1.CO.[Ni+2].[Ni+3].c1ccc([B-](c2ccccc2)(c2ccccc2)c2ccccc2)cc1.c1ccc([B-](c2ccccc2)(c2ccccc2)c2ccccc2)cc1. The molecule has 1 radical (unpaired) electrons. The first kappa shape index (κ1) is 84.3. The van der Waals surface area contributed by atoms with Crippen LogP contribution in [0.25, 0.3) is 0 Å². The Kier molecular flexibility index (Phi) is 34.4. The summed E-state index contributed by atoms with van der Waals surface area (Å²) in [5.41, 5.74) is 55.0. The van der Waals surface area contributed by atoms with E-state index in [1.165, 1.54) is 60.4 Å². The molecule has 0 aliphatic heterocycles. The summed E-state index contributed by atoms with van der Waals surface area (Å²) in [6.07, 6.45) is -2.43. The first-order chi connectivity index (χ1) is 46.5. The van der Waals surface area contributed by atoms with Gasteiger partial charge in [-0.3, -0.25) is 0 Å². The van der Waals surface area contributed by atoms with Gasteiger partial charge in [-0.1, -0.05) is 375 Å². The molecule has 0 fully saturated rings. The van der Waals surface area contributed by atoms with Gasteiger partial charge in [0, 0.05) is 46.4 Å². The summed E-state index contributed by atoms with van der Waals surface area (Å²) < 4.78 is 0. The van der Waals surface area contributed by atoms with Gasteiger partial charge in [0.25, 0.3) is 0 Å². The molecule has 0 unspecified atom stereocenters. The van der Waals surface area contributed by atoms with Crippen LogP contribution in [0.15, 0.2) is 294 Å². The summed E-state index contributed by atoms with van der Waals surface area (Å²) in [4.78, 5) is 2.48. The molecular weight excluding hydrogens is 1360 g/mol. The van der Waals surface area contributed by atoms with E-state index in [4.69, 9.17) is 77.4 Å². The zero-order chi connectivity index (χ0) is 70.8. The maximum absolute atomic E-state index is 7.00. The van der Waals surface area contributed by atoms with Crippen LogP contribution < -0.4 is 78.1 Å². The number of aliphatic hydroxyl groups is 1. The van der Waals surface area contributed by atoms with E-state index >= 15 is 0 Å². The van der Waals surface area contributed by atoms with E-state index in [-0.39, 0.29) is 49.2 Å². The summed E-state index contributed by atoms with van der Waals surface area (Å²) >= 11 is 15.9. The van der Waals surface area contributed by atoms with Crippen LogP contribution in [-0.4, -0.2) is 24.5 Å². The molecule has 0 aliphatic rings. The fraction of sp³-hybridized carbons (Fsp3) is 0.224. The Morgan fingerprint density at radius 2 is 0.364 bits per heavy atom. The summed E-state index contributed by atoms with van der Waals surface area (Å²) in [5, 5.41) is 7.00. The van der Waals surface area contributed by atoms with E-state index < -0.39 is 12.3 Å². The van der Waals surface area contributed by atoms with Crippen molar-refractivity contribution in [2.45, 2.75) is 133 Å². The fourth-order valence-electron chi connectivity index (χ4n) is 12.7. The van der Waals surface area contributed by atoms with Crippen molar-refractivity contribution < 1.29 is 38.1 Å². The van der Waals surface area contributed by atoms with Crippen molar-refractivity contribution in [2.24, 2.45) is 34.4 Å². The van der Waals surface area contributed by atoms with Crippen LogP contribution in [0, 0.1) is 0 Å². The number of rotatable bonds is 14. The standard InChI is InChI=1S/2C24H20B.3C12H20N2S.CH4O.2Ni/c2*1-5-13-21(14-6-1)25(22-15-7-2-8-16-22,23-17-9-3-10-18-23)24-19-11-4-12-20-24;3*1-12(2,3)10-4-8(6-13)11(15)9(5-10)7-14;1-2;;/h2*1-20H;3*4-5,15H,6-7,13-14H2,1-3H3;2H,1H3;;/q2*-1;;;;;+2;+3/p-3. The van der Waals surface area contributed by atoms with Crippen molar-refractivity contribution in [1.29, 1.82) is 0 Å². The molecule has 0 heterocycles. The van der Waals surface area contributed by atoms with Gasteiger partial charge in [0.15, 0.2) is 0 Å². The Balaban J connectivity index is 0.000000266. The molecular formula is C85H101B2N6Ni2OS3. The minimum Gasteiger partial charge on any atom is -0.779 e. The van der Waals surface area contributed by atoms with E-state index in [1.807, 2.05) is 0 Å². The van der Waals surface area contributed by atoms with Crippen LogP contribution in [0.5, 0.6) is 0 Å². The van der Waals surface area contributed by atoms with Crippen molar-refractivity contribution in [1.82, 2.24) is 0 Å². The van der Waals surface area contributed by atoms with Crippen molar-refractivity contribution >= 4 is 93.9 Å². The molecule has 11 aromatic rings. The second-order valence-electron chi connectivity index (χ2n) is 27.4. The second-order valence-corrected chi connectivity index (χ2v) is 28.6. The molecule has 0 spiro atoms. The normalized spacial score (nSPS) is 11.1. The van der Waals surface area contributed by atoms with Gasteiger partial charge in [0.1, 0.15) is 12.3 Å². The average Bonchev–Trinajstić information content (AvgIpc) is 0.743. The molecule has 11 rings (SSSR count). The third kappa shape index (κ3) is 21.5. The van der Waals surface area contributed by atoms with Crippen LogP contribution in [0.4, 0.5) is 0 Å². The smallest absolute Gasteiger partial charge is 0.779 e. The van der Waals surface area contributed by atoms with Crippen molar-refractivity contribution in [3.05, 3.63) is 329 Å². The molecule has 0 saturated heterocycles. The Morgan fingerprint density at radius 3 is 0.455 bits per heavy atom. The van der Waals surface area contributed by atoms with Gasteiger partial charge in [0.2, 0.25) is 0 Å². The topological polar surface area (TPSA) is 176 Å². The van der Waals surface area contributed by atoms with E-state index in [0.717, 1.165) is 55.2 Å². The van der Waals surface area contributed by atoms with Gasteiger partial charge in [0.05, 0.1) is 0 Å². The van der Waals surface area contributed by atoms with E-state index in [9.17, 15) is 0 Å². The van der Waals surface area contributed by atoms with Crippen LogP contribution in [0.2, 0.25) is 0 Å². The van der Waals surface area contributed by atoms with Gasteiger partial charge in [-0.2, -0.15) is 58.4 Å². The second kappa shape index (κ2) is 40.4. The first-order valence-corrected chi connectivity index (χ1v) is 34.7. The predicted molar refractivity (Wildman–Crippen MR) is 428 cm³/mol. The molecule has 14 heteroatoms. The minimum atomic E-state index is -1.22. The van der Waals surface area contributed by atoms with Crippen LogP contribution in [0.1, 0.15) is 112 Å². The van der Waals surface area contributed by atoms with Crippen molar-refractivity contribution in [3.8, 4) is 0 Å². The van der Waals surface area contributed by atoms with Gasteiger partial charge >= 0.3 is 33.0 Å². The number of nitrogens with two attached hydrogens (primary N) is 6. The Morgan fingerprint density at radius 1 is 0.253 bits per heavy atom. The summed E-state index contributed by atoms with van der Waals surface area (Å²) in [6, 6.07) is 99.6. The van der Waals surface area contributed by atoms with Crippen LogP contribution in [0.3, 0.4) is 0 Å². The van der Waals surface area contributed by atoms with E-state index in [2.05, 4.69) is 341 Å². The third-order valence-electron chi connectivity index (χ3n) is 18.0. The Labute approximate surface area is 630 Å². The number of benzene rings is 11. The van der Waals surface area contributed by atoms with Gasteiger partial charge in [-0.15, -0.1) is 0 Å². The molecule has 13 N–H and O–H groups in total. The maximum Gasteiger partial charge on any atom is 3.00 e. The van der Waals surface area contributed by atoms with Gasteiger partial charge in [-0.05, 0) is 32.9 Å². The first-order valence-electron chi connectivity index (χ1n) is 33.4. The zero-order valence-electron chi connectivity index (χ0n) is 59.2. The van der Waals surface area contributed by atoms with E-state index in [1.54, 1.807) is 0 Å². The average molecular weight is 1460 g/mol. The molecule has 0 saturated carbocycles.